The molecule has 3 aromatic carbocycles. The van der Waals surface area contributed by atoms with Crippen LogP contribution in [0.25, 0.3) is 6.08 Å². The number of nitrogens with one attached hydrogen (secondary N) is 1. The fraction of sp³-hybridized carbons (Fsp3) is 0.333. The number of fused-ring (bicyclic) bond motifs is 1. The van der Waals surface area contributed by atoms with Gasteiger partial charge in [-0.05, 0) is 91.8 Å². The third-order valence-corrected chi connectivity index (χ3v) is 8.76. The molecule has 1 saturated heterocycles. The number of amides is 2. The summed E-state index contributed by atoms with van der Waals surface area (Å²) in [5, 5.41) is 34.9. The molecular weight excluding hydrogens is 559 g/mol. The predicted octanol–water partition coefficient (Wildman–Crippen LogP) is 6.59. The number of allylic oxidation sites excluding steroid dienone is 2. The van der Waals surface area contributed by atoms with Crippen molar-refractivity contribution in [2.75, 3.05) is 16.8 Å². The molecular formula is C36H39FN2O5. The molecule has 0 radical (unpaired) electrons. The van der Waals surface area contributed by atoms with Gasteiger partial charge in [-0.3, -0.25) is 14.5 Å². The molecule has 1 aliphatic carbocycles. The lowest BCUT2D eigenvalue weighted by atomic mass is 9.66. The fourth-order valence-electron chi connectivity index (χ4n) is 6.57. The van der Waals surface area contributed by atoms with Crippen LogP contribution in [0.5, 0.6) is 5.75 Å². The van der Waals surface area contributed by atoms with Crippen LogP contribution in [0.4, 0.5) is 21.5 Å². The van der Waals surface area contributed by atoms with Crippen LogP contribution in [0, 0.1) is 29.5 Å². The summed E-state index contributed by atoms with van der Waals surface area (Å²) in [6, 6.07) is 21.0. The zero-order valence-electron chi connectivity index (χ0n) is 25.2. The van der Waals surface area contributed by atoms with Gasteiger partial charge in [-0.15, -0.1) is 0 Å². The molecule has 7 nitrogen and oxygen atoms in total. The average molecular weight is 599 g/mol. The molecule has 230 valence electrons. The monoisotopic (exact) mass is 598 g/mol. The van der Waals surface area contributed by atoms with E-state index >= 15 is 0 Å². The topological polar surface area (TPSA) is 110 Å². The summed E-state index contributed by atoms with van der Waals surface area (Å²) >= 11 is 0. The van der Waals surface area contributed by atoms with Crippen molar-refractivity contribution in [3.63, 3.8) is 0 Å². The van der Waals surface area contributed by atoms with Crippen molar-refractivity contribution in [1.29, 1.82) is 0 Å². The molecule has 4 atom stereocenters. The first kappa shape index (κ1) is 31.2. The Hall–Kier alpha value is -4.27. The number of aliphatic hydroxyl groups is 2. The summed E-state index contributed by atoms with van der Waals surface area (Å²) in [6.07, 6.45) is 2.05. The van der Waals surface area contributed by atoms with E-state index in [4.69, 9.17) is 0 Å². The van der Waals surface area contributed by atoms with Gasteiger partial charge in [-0.2, -0.15) is 0 Å². The molecule has 44 heavy (non-hydrogen) atoms. The smallest absolute Gasteiger partial charge is 0.238 e. The van der Waals surface area contributed by atoms with Gasteiger partial charge in [0.25, 0.3) is 0 Å². The first-order valence-electron chi connectivity index (χ1n) is 15.1. The predicted molar refractivity (Wildman–Crippen MR) is 170 cm³/mol. The van der Waals surface area contributed by atoms with Crippen LogP contribution in [-0.2, 0) is 9.59 Å². The molecule has 3 aromatic rings. The lowest BCUT2D eigenvalue weighted by Crippen LogP contribution is -2.39. The van der Waals surface area contributed by atoms with Gasteiger partial charge in [-0.1, -0.05) is 55.3 Å². The number of aliphatic hydroxyl groups excluding tert-OH is 2. The van der Waals surface area contributed by atoms with E-state index in [1.807, 2.05) is 63.2 Å². The normalized spacial score (nSPS) is 21.2. The van der Waals surface area contributed by atoms with Crippen molar-refractivity contribution in [2.24, 2.45) is 23.7 Å². The molecule has 0 aromatic heterocycles. The van der Waals surface area contributed by atoms with Gasteiger partial charge in [0.05, 0.1) is 30.2 Å². The van der Waals surface area contributed by atoms with Crippen molar-refractivity contribution < 1.29 is 29.3 Å². The highest BCUT2D eigenvalue weighted by atomic mass is 19.1. The highest BCUT2D eigenvalue weighted by Gasteiger charge is 2.55. The number of benzene rings is 3. The number of aromatic hydroxyl groups is 1. The van der Waals surface area contributed by atoms with E-state index in [0.717, 1.165) is 22.5 Å². The van der Waals surface area contributed by atoms with Crippen molar-refractivity contribution in [1.82, 2.24) is 0 Å². The standard InChI is InChI=1S/C36H39FN2O5/c1-21(2)27-19-28-34(29(20-40)33(27)32(42)15-9-22(3)17-23-10-16-31(41)30(37)18-23)36(44)39(35(28)43)26-13-11-25(12-14-26)38-24-7-5-4-6-8-24/h4-8,10-14,16-18,21,28-29,32,34,38,40-42H,9,15,19-20H2,1-3H3/b22-17+/t28-,29+,32-,34-/m1/s1. The highest BCUT2D eigenvalue weighted by Crippen LogP contribution is 2.49. The first-order valence-corrected chi connectivity index (χ1v) is 15.1. The lowest BCUT2D eigenvalue weighted by molar-refractivity contribution is -0.123. The number of carbonyl (C=O) groups excluding carboxylic acids is 2. The van der Waals surface area contributed by atoms with Gasteiger partial charge in [-0.25, -0.2) is 4.39 Å². The SMILES string of the molecule is C/C(=C\c1ccc(O)c(F)c1)CC[C@@H](O)C1=C(C(C)C)C[C@H]2C(=O)N(c3ccc(Nc4ccccc4)cc3)C(=O)[C@H]2[C@H]1CO. The van der Waals surface area contributed by atoms with Crippen LogP contribution in [0.3, 0.4) is 0 Å². The molecule has 0 bridgehead atoms. The van der Waals surface area contributed by atoms with E-state index < -0.39 is 35.4 Å². The van der Waals surface area contributed by atoms with Gasteiger partial charge >= 0.3 is 0 Å². The molecule has 1 heterocycles. The highest BCUT2D eigenvalue weighted by molar-refractivity contribution is 6.22. The van der Waals surface area contributed by atoms with Crippen LogP contribution in [0.2, 0.25) is 0 Å². The number of nitrogens with zero attached hydrogens (tertiary/aromatic N) is 1. The van der Waals surface area contributed by atoms with Crippen LogP contribution in [0.15, 0.2) is 89.5 Å². The zero-order chi connectivity index (χ0) is 31.5. The Labute approximate surface area is 257 Å². The summed E-state index contributed by atoms with van der Waals surface area (Å²) in [4.78, 5) is 28.9. The molecule has 8 heteroatoms. The third kappa shape index (κ3) is 6.32. The summed E-state index contributed by atoms with van der Waals surface area (Å²) in [5.74, 6) is -3.81. The minimum atomic E-state index is -0.925. The Morgan fingerprint density at radius 1 is 1.02 bits per heavy atom. The summed E-state index contributed by atoms with van der Waals surface area (Å²) < 4.78 is 13.8. The average Bonchev–Trinajstić information content (AvgIpc) is 3.26. The van der Waals surface area contributed by atoms with Crippen molar-refractivity contribution in [3.05, 3.63) is 101 Å². The van der Waals surface area contributed by atoms with Crippen LogP contribution in [0.1, 0.15) is 45.6 Å². The number of anilines is 3. The van der Waals surface area contributed by atoms with E-state index in [9.17, 15) is 29.3 Å². The van der Waals surface area contributed by atoms with E-state index in [0.29, 0.717) is 36.1 Å². The largest absolute Gasteiger partial charge is 0.505 e. The first-order chi connectivity index (χ1) is 21.1. The maximum Gasteiger partial charge on any atom is 0.238 e. The Kier molecular flexibility index (Phi) is 9.32. The van der Waals surface area contributed by atoms with Gasteiger partial charge in [0.1, 0.15) is 0 Å². The molecule has 0 saturated carbocycles. The summed E-state index contributed by atoms with van der Waals surface area (Å²) in [7, 11) is 0. The molecule has 0 spiro atoms. The fourth-order valence-corrected chi connectivity index (χ4v) is 6.57. The molecule has 5 rings (SSSR count). The molecule has 1 aliphatic heterocycles. The molecule has 1 fully saturated rings. The summed E-state index contributed by atoms with van der Waals surface area (Å²) in [5.41, 5.74) is 5.27. The van der Waals surface area contributed by atoms with Gasteiger partial charge in [0.15, 0.2) is 11.6 Å². The Morgan fingerprint density at radius 2 is 1.70 bits per heavy atom. The zero-order valence-corrected chi connectivity index (χ0v) is 25.2. The Bertz CT molecular complexity index is 1580. The van der Waals surface area contributed by atoms with Crippen LogP contribution < -0.4 is 10.2 Å². The minimum Gasteiger partial charge on any atom is -0.505 e. The molecule has 4 N–H and O–H groups in total. The van der Waals surface area contributed by atoms with Crippen molar-refractivity contribution in [2.45, 2.75) is 46.1 Å². The maximum absolute atomic E-state index is 13.9. The quantitative estimate of drug-likeness (QED) is 0.155. The van der Waals surface area contributed by atoms with E-state index in [2.05, 4.69) is 5.32 Å². The minimum absolute atomic E-state index is 0.00607. The molecule has 0 unspecified atom stereocenters. The number of para-hydroxylation sites is 1. The second-order valence-corrected chi connectivity index (χ2v) is 12.1. The Morgan fingerprint density at radius 3 is 2.34 bits per heavy atom. The lowest BCUT2D eigenvalue weighted by Gasteiger charge is -2.38. The number of phenols is 1. The third-order valence-electron chi connectivity index (χ3n) is 8.76. The number of hydrogen-bond acceptors (Lipinski definition) is 6. The van der Waals surface area contributed by atoms with Gasteiger partial charge < -0.3 is 20.6 Å². The number of rotatable bonds is 10. The van der Waals surface area contributed by atoms with Crippen LogP contribution in [-0.4, -0.2) is 39.8 Å². The van der Waals surface area contributed by atoms with Crippen LogP contribution >= 0.6 is 0 Å². The second-order valence-electron chi connectivity index (χ2n) is 12.1. The maximum atomic E-state index is 13.9. The van der Waals surface area contributed by atoms with Crippen molar-refractivity contribution in [3.8, 4) is 5.75 Å². The number of carbonyl (C=O) groups is 2. The van der Waals surface area contributed by atoms with Crippen molar-refractivity contribution >= 4 is 35.0 Å². The Balaban J connectivity index is 1.35. The van der Waals surface area contributed by atoms with E-state index in [-0.39, 0.29) is 24.3 Å². The van der Waals surface area contributed by atoms with E-state index in [1.165, 1.54) is 17.0 Å². The second kappa shape index (κ2) is 13.2. The van der Waals surface area contributed by atoms with E-state index in [1.54, 1.807) is 24.3 Å². The van der Waals surface area contributed by atoms with Gasteiger partial charge in [0.2, 0.25) is 11.8 Å². The number of imide groups is 1. The number of phenolic OH excluding ortho intramolecular Hbond substituents is 1. The molecule has 2 aliphatic rings. The number of halogens is 1. The number of hydrogen-bond donors (Lipinski definition) is 4. The molecule has 2 amide bonds. The van der Waals surface area contributed by atoms with Gasteiger partial charge in [0, 0.05) is 17.3 Å². The summed E-state index contributed by atoms with van der Waals surface area (Å²) in [6.45, 7) is 5.52.